The van der Waals surface area contributed by atoms with Crippen LogP contribution in [0, 0.1) is 0 Å². The fourth-order valence-corrected chi connectivity index (χ4v) is 3.63. The van der Waals surface area contributed by atoms with Gasteiger partial charge in [-0.25, -0.2) is 0 Å². The highest BCUT2D eigenvalue weighted by molar-refractivity contribution is 5.52. The van der Waals surface area contributed by atoms with E-state index >= 15 is 0 Å². The molecule has 3 rings (SSSR count). The van der Waals surface area contributed by atoms with E-state index in [2.05, 4.69) is 0 Å². The minimum Gasteiger partial charge on any atom is -0.393 e. The molecule has 134 valence electrons. The third-order valence-electron chi connectivity index (χ3n) is 5.01. The number of rotatable bonds is 6. The summed E-state index contributed by atoms with van der Waals surface area (Å²) >= 11 is 0. The molecule has 0 saturated heterocycles. The Morgan fingerprint density at radius 1 is 0.692 bits per heavy atom. The summed E-state index contributed by atoms with van der Waals surface area (Å²) in [5.74, 6) is 0. The lowest BCUT2D eigenvalue weighted by Crippen LogP contribution is -2.56. The number of hydrogen-bond acceptors (Lipinski definition) is 3. The van der Waals surface area contributed by atoms with E-state index in [4.69, 9.17) is 0 Å². The highest BCUT2D eigenvalue weighted by atomic mass is 16.4. The van der Waals surface area contributed by atoms with E-state index in [1.54, 1.807) is 0 Å². The molecule has 2 atom stereocenters. The minimum atomic E-state index is -1.69. The standard InChI is InChI=1S/C23H24O3/c1-22(26,17-24)21(25)23(18-11-5-2-6-12-18,19-13-7-3-8-14-19)20-15-9-4-10-16-20/h2-16,21,24-26H,17H2,1H3. The van der Waals surface area contributed by atoms with Crippen molar-refractivity contribution in [1.82, 2.24) is 0 Å². The van der Waals surface area contributed by atoms with Gasteiger partial charge in [0.2, 0.25) is 0 Å². The van der Waals surface area contributed by atoms with Gasteiger partial charge in [0.25, 0.3) is 0 Å². The van der Waals surface area contributed by atoms with Crippen LogP contribution in [-0.4, -0.2) is 33.6 Å². The second kappa shape index (κ2) is 7.42. The van der Waals surface area contributed by atoms with E-state index in [-0.39, 0.29) is 0 Å². The predicted molar refractivity (Wildman–Crippen MR) is 103 cm³/mol. The number of aliphatic hydroxyl groups excluding tert-OH is 2. The molecule has 0 amide bonds. The highest BCUT2D eigenvalue weighted by Crippen LogP contribution is 2.45. The topological polar surface area (TPSA) is 60.7 Å². The van der Waals surface area contributed by atoms with Crippen molar-refractivity contribution in [2.24, 2.45) is 0 Å². The molecule has 3 aromatic rings. The zero-order valence-corrected chi connectivity index (χ0v) is 14.8. The Morgan fingerprint density at radius 3 is 1.27 bits per heavy atom. The van der Waals surface area contributed by atoms with Crippen molar-refractivity contribution in [1.29, 1.82) is 0 Å². The first-order valence-electron chi connectivity index (χ1n) is 8.71. The zero-order chi connectivity index (χ0) is 18.6. The van der Waals surface area contributed by atoms with Crippen molar-refractivity contribution in [3.05, 3.63) is 108 Å². The summed E-state index contributed by atoms with van der Waals surface area (Å²) in [6.45, 7) is 0.906. The third-order valence-corrected chi connectivity index (χ3v) is 5.01. The Balaban J connectivity index is 2.40. The van der Waals surface area contributed by atoms with Gasteiger partial charge in [-0.3, -0.25) is 0 Å². The molecular formula is C23H24O3. The Labute approximate surface area is 154 Å². The van der Waals surface area contributed by atoms with Crippen molar-refractivity contribution in [2.75, 3.05) is 6.61 Å². The number of benzene rings is 3. The molecule has 0 radical (unpaired) electrons. The monoisotopic (exact) mass is 348 g/mol. The van der Waals surface area contributed by atoms with Gasteiger partial charge in [-0.1, -0.05) is 91.0 Å². The first kappa shape index (κ1) is 18.3. The van der Waals surface area contributed by atoms with Crippen LogP contribution in [0.1, 0.15) is 23.6 Å². The molecule has 0 heterocycles. The van der Waals surface area contributed by atoms with Gasteiger partial charge < -0.3 is 15.3 Å². The molecule has 0 spiro atoms. The molecule has 0 aliphatic carbocycles. The summed E-state index contributed by atoms with van der Waals surface area (Å²) in [6.07, 6.45) is -1.27. The average Bonchev–Trinajstić information content (AvgIpc) is 2.71. The van der Waals surface area contributed by atoms with Crippen LogP contribution < -0.4 is 0 Å². The Bertz CT molecular complexity index is 717. The molecule has 3 aromatic carbocycles. The molecule has 0 aliphatic heterocycles. The predicted octanol–water partition coefficient (Wildman–Crippen LogP) is 3.13. The largest absolute Gasteiger partial charge is 0.393 e. The van der Waals surface area contributed by atoms with Crippen LogP contribution in [-0.2, 0) is 5.41 Å². The van der Waals surface area contributed by atoms with Crippen LogP contribution in [0.4, 0.5) is 0 Å². The summed E-state index contributed by atoms with van der Waals surface area (Å²) in [5, 5.41) is 32.0. The van der Waals surface area contributed by atoms with Gasteiger partial charge in [-0.15, -0.1) is 0 Å². The summed E-state index contributed by atoms with van der Waals surface area (Å²) in [7, 11) is 0. The van der Waals surface area contributed by atoms with Gasteiger partial charge in [0.1, 0.15) is 11.7 Å². The molecule has 26 heavy (non-hydrogen) atoms. The third kappa shape index (κ3) is 3.06. The van der Waals surface area contributed by atoms with Crippen LogP contribution in [0.25, 0.3) is 0 Å². The van der Waals surface area contributed by atoms with Crippen LogP contribution in [0.3, 0.4) is 0 Å². The van der Waals surface area contributed by atoms with Crippen molar-refractivity contribution < 1.29 is 15.3 Å². The summed E-state index contributed by atoms with van der Waals surface area (Å²) in [4.78, 5) is 0. The van der Waals surface area contributed by atoms with Crippen LogP contribution in [0.15, 0.2) is 91.0 Å². The minimum absolute atomic E-state index is 0.553. The van der Waals surface area contributed by atoms with Gasteiger partial charge >= 0.3 is 0 Å². The highest BCUT2D eigenvalue weighted by Gasteiger charge is 2.50. The lowest BCUT2D eigenvalue weighted by molar-refractivity contribution is -0.110. The number of aliphatic hydroxyl groups is 3. The fraction of sp³-hybridized carbons (Fsp3) is 0.217. The van der Waals surface area contributed by atoms with Crippen molar-refractivity contribution in [2.45, 2.75) is 24.0 Å². The van der Waals surface area contributed by atoms with Gasteiger partial charge in [0.15, 0.2) is 0 Å². The maximum absolute atomic E-state index is 11.4. The lowest BCUT2D eigenvalue weighted by Gasteiger charge is -2.45. The van der Waals surface area contributed by atoms with E-state index < -0.39 is 23.7 Å². The maximum Gasteiger partial charge on any atom is 0.112 e. The van der Waals surface area contributed by atoms with E-state index in [0.717, 1.165) is 16.7 Å². The second-order valence-electron chi connectivity index (χ2n) is 6.82. The zero-order valence-electron chi connectivity index (χ0n) is 14.8. The molecule has 0 aliphatic rings. The molecule has 2 unspecified atom stereocenters. The van der Waals surface area contributed by atoms with Gasteiger partial charge in [0, 0.05) is 0 Å². The molecule has 0 fully saturated rings. The van der Waals surface area contributed by atoms with E-state index in [9.17, 15) is 15.3 Å². The van der Waals surface area contributed by atoms with E-state index in [1.807, 2.05) is 91.0 Å². The summed E-state index contributed by atoms with van der Waals surface area (Å²) in [6, 6.07) is 28.9. The van der Waals surface area contributed by atoms with Gasteiger partial charge in [-0.05, 0) is 23.6 Å². The van der Waals surface area contributed by atoms with E-state index in [1.165, 1.54) is 6.92 Å². The normalized spacial score (nSPS) is 15.2. The van der Waals surface area contributed by atoms with Gasteiger partial charge in [0.05, 0.1) is 12.0 Å². The Hall–Kier alpha value is -2.46. The van der Waals surface area contributed by atoms with Gasteiger partial charge in [-0.2, -0.15) is 0 Å². The molecule has 0 saturated carbocycles. The number of hydrogen-bond donors (Lipinski definition) is 3. The van der Waals surface area contributed by atoms with Crippen LogP contribution >= 0.6 is 0 Å². The second-order valence-corrected chi connectivity index (χ2v) is 6.82. The first-order valence-corrected chi connectivity index (χ1v) is 8.71. The molecule has 3 nitrogen and oxygen atoms in total. The molecule has 3 N–H and O–H groups in total. The maximum atomic E-state index is 11.4. The summed E-state index contributed by atoms with van der Waals surface area (Å²) < 4.78 is 0. The molecule has 0 bridgehead atoms. The quantitative estimate of drug-likeness (QED) is 0.600. The van der Waals surface area contributed by atoms with Crippen molar-refractivity contribution in [3.63, 3.8) is 0 Å². The van der Waals surface area contributed by atoms with Crippen LogP contribution in [0.5, 0.6) is 0 Å². The Kier molecular flexibility index (Phi) is 5.23. The lowest BCUT2D eigenvalue weighted by atomic mass is 9.62. The molecular weight excluding hydrogens is 324 g/mol. The van der Waals surface area contributed by atoms with Crippen LogP contribution in [0.2, 0.25) is 0 Å². The fourth-order valence-electron chi connectivity index (χ4n) is 3.63. The van der Waals surface area contributed by atoms with E-state index in [0.29, 0.717) is 0 Å². The summed E-state index contributed by atoms with van der Waals surface area (Å²) in [5.41, 5.74) is -0.187. The van der Waals surface area contributed by atoms with Crippen molar-refractivity contribution in [3.8, 4) is 0 Å². The van der Waals surface area contributed by atoms with Crippen molar-refractivity contribution >= 4 is 0 Å². The average molecular weight is 348 g/mol. The molecule has 0 aromatic heterocycles. The Morgan fingerprint density at radius 2 is 1.00 bits per heavy atom. The SMILES string of the molecule is CC(O)(CO)C(O)C(c1ccccc1)(c1ccccc1)c1ccccc1. The smallest absolute Gasteiger partial charge is 0.112 e. The first-order chi connectivity index (χ1) is 12.5. The molecule has 3 heteroatoms.